The zero-order valence-electron chi connectivity index (χ0n) is 14.7. The molecule has 26 heavy (non-hydrogen) atoms. The maximum Gasteiger partial charge on any atom is 0.224 e. The van der Waals surface area contributed by atoms with Gasteiger partial charge in [-0.1, -0.05) is 11.6 Å². The summed E-state index contributed by atoms with van der Waals surface area (Å²) in [5.74, 6) is -0.625. The monoisotopic (exact) mass is 401 g/mol. The number of hydrogen-bond donors (Lipinski definition) is 2. The van der Waals surface area contributed by atoms with Gasteiger partial charge >= 0.3 is 0 Å². The summed E-state index contributed by atoms with van der Waals surface area (Å²) in [6.45, 7) is 1.07. The van der Waals surface area contributed by atoms with Crippen molar-refractivity contribution in [2.75, 3.05) is 31.2 Å². The van der Waals surface area contributed by atoms with Gasteiger partial charge in [-0.3, -0.25) is 9.59 Å². The van der Waals surface area contributed by atoms with E-state index in [1.165, 1.54) is 4.31 Å². The van der Waals surface area contributed by atoms with E-state index in [4.69, 9.17) is 11.6 Å². The van der Waals surface area contributed by atoms with Gasteiger partial charge in [-0.05, 0) is 43.5 Å². The lowest BCUT2D eigenvalue weighted by molar-refractivity contribution is -0.126. The Labute approximate surface area is 159 Å². The number of sulfonamides is 1. The van der Waals surface area contributed by atoms with Crippen molar-refractivity contribution in [3.05, 3.63) is 29.3 Å². The van der Waals surface area contributed by atoms with Gasteiger partial charge in [0.05, 0.1) is 12.2 Å². The Bertz CT molecular complexity index is 737. The average molecular weight is 402 g/mol. The highest BCUT2D eigenvalue weighted by atomic mass is 35.5. The van der Waals surface area contributed by atoms with E-state index in [-0.39, 0.29) is 30.7 Å². The van der Waals surface area contributed by atoms with E-state index in [1.807, 2.05) is 0 Å². The highest BCUT2D eigenvalue weighted by Crippen LogP contribution is 2.19. The number of benzene rings is 1. The normalized spacial score (nSPS) is 18.3. The van der Waals surface area contributed by atoms with Crippen LogP contribution in [-0.2, 0) is 19.6 Å². The molecular formula is C17H24ClN3O4S. The quantitative estimate of drug-likeness (QED) is 0.681. The number of carbonyl (C=O) groups excluding carboxylic acids is 2. The molecular weight excluding hydrogens is 378 g/mol. The van der Waals surface area contributed by atoms with Gasteiger partial charge in [-0.25, -0.2) is 12.7 Å². The summed E-state index contributed by atoms with van der Waals surface area (Å²) in [5, 5.41) is 6.15. The Hall–Kier alpha value is -1.64. The number of halogens is 1. The molecule has 9 heteroatoms. The van der Waals surface area contributed by atoms with Crippen molar-refractivity contribution in [2.24, 2.45) is 5.92 Å². The third-order valence-electron chi connectivity index (χ3n) is 4.23. The number of carbonyl (C=O) groups is 2. The maximum absolute atomic E-state index is 12.2. The summed E-state index contributed by atoms with van der Waals surface area (Å²) in [6.07, 6.45) is 3.30. The minimum atomic E-state index is -3.27. The molecule has 1 atom stereocenters. The molecule has 7 nitrogen and oxygen atoms in total. The number of rotatable bonds is 7. The van der Waals surface area contributed by atoms with E-state index in [0.29, 0.717) is 43.1 Å². The molecule has 1 fully saturated rings. The Morgan fingerprint density at radius 2 is 1.96 bits per heavy atom. The SMILES string of the molecule is CS(=O)(=O)N1CCCC(C(=O)NCCCC(=O)Nc2ccc(Cl)cc2)C1. The number of anilines is 1. The summed E-state index contributed by atoms with van der Waals surface area (Å²) < 4.78 is 24.5. The average Bonchev–Trinajstić information content (AvgIpc) is 2.60. The first-order valence-electron chi connectivity index (χ1n) is 8.54. The molecule has 1 saturated heterocycles. The summed E-state index contributed by atoms with van der Waals surface area (Å²) in [4.78, 5) is 24.1. The molecule has 1 aliphatic heterocycles. The van der Waals surface area contributed by atoms with E-state index in [1.54, 1.807) is 24.3 Å². The van der Waals surface area contributed by atoms with Gasteiger partial charge in [0.25, 0.3) is 0 Å². The van der Waals surface area contributed by atoms with E-state index in [9.17, 15) is 18.0 Å². The summed E-state index contributed by atoms with van der Waals surface area (Å²) in [5.41, 5.74) is 0.673. The molecule has 0 aromatic heterocycles. The number of nitrogens with zero attached hydrogens (tertiary/aromatic N) is 1. The molecule has 0 saturated carbocycles. The highest BCUT2D eigenvalue weighted by molar-refractivity contribution is 7.88. The standard InChI is InChI=1S/C17H24ClN3O4S/c1-26(24,25)21-11-3-4-13(12-21)17(23)19-10-2-5-16(22)20-15-8-6-14(18)7-9-15/h6-9,13H,2-5,10-12H2,1H3,(H,19,23)(H,20,22). The predicted octanol–water partition coefficient (Wildman–Crippen LogP) is 1.85. The molecule has 1 aromatic rings. The fourth-order valence-electron chi connectivity index (χ4n) is 2.82. The van der Waals surface area contributed by atoms with Gasteiger partial charge in [0.1, 0.15) is 0 Å². The third-order valence-corrected chi connectivity index (χ3v) is 5.75. The molecule has 2 N–H and O–H groups in total. The van der Waals surface area contributed by atoms with Crippen LogP contribution in [0.25, 0.3) is 0 Å². The van der Waals surface area contributed by atoms with E-state index >= 15 is 0 Å². The van der Waals surface area contributed by atoms with Gasteiger partial charge in [0, 0.05) is 36.8 Å². The number of amides is 2. The predicted molar refractivity (Wildman–Crippen MR) is 101 cm³/mol. The van der Waals surface area contributed by atoms with E-state index < -0.39 is 10.0 Å². The van der Waals surface area contributed by atoms with Crippen LogP contribution in [0, 0.1) is 5.92 Å². The van der Waals surface area contributed by atoms with Crippen molar-refractivity contribution in [2.45, 2.75) is 25.7 Å². The molecule has 0 radical (unpaired) electrons. The van der Waals surface area contributed by atoms with Crippen LogP contribution in [0.3, 0.4) is 0 Å². The molecule has 144 valence electrons. The lowest BCUT2D eigenvalue weighted by Gasteiger charge is -2.30. The minimum Gasteiger partial charge on any atom is -0.356 e. The first-order valence-corrected chi connectivity index (χ1v) is 10.8. The van der Waals surface area contributed by atoms with Gasteiger partial charge < -0.3 is 10.6 Å². The molecule has 1 heterocycles. The zero-order valence-corrected chi connectivity index (χ0v) is 16.3. The Kier molecular flexibility index (Phi) is 7.43. The van der Waals surface area contributed by atoms with Crippen molar-refractivity contribution in [1.82, 2.24) is 9.62 Å². The van der Waals surface area contributed by atoms with Crippen molar-refractivity contribution < 1.29 is 18.0 Å². The Balaban J connectivity index is 1.68. The zero-order chi connectivity index (χ0) is 19.2. The van der Waals surface area contributed by atoms with Crippen LogP contribution >= 0.6 is 11.6 Å². The molecule has 0 spiro atoms. The number of nitrogens with one attached hydrogen (secondary N) is 2. The van der Waals surface area contributed by atoms with Crippen LogP contribution in [-0.4, -0.2) is 50.4 Å². The minimum absolute atomic E-state index is 0.137. The fraction of sp³-hybridized carbons (Fsp3) is 0.529. The topological polar surface area (TPSA) is 95.6 Å². The van der Waals surface area contributed by atoms with Crippen LogP contribution < -0.4 is 10.6 Å². The molecule has 2 rings (SSSR count). The first-order chi connectivity index (χ1) is 12.3. The highest BCUT2D eigenvalue weighted by Gasteiger charge is 2.29. The van der Waals surface area contributed by atoms with Crippen molar-refractivity contribution in [3.8, 4) is 0 Å². The summed E-state index contributed by atoms with van der Waals surface area (Å²) >= 11 is 5.79. The van der Waals surface area contributed by atoms with Crippen LogP contribution in [0.1, 0.15) is 25.7 Å². The van der Waals surface area contributed by atoms with Gasteiger partial charge in [0.2, 0.25) is 21.8 Å². The van der Waals surface area contributed by atoms with Crippen molar-refractivity contribution in [3.63, 3.8) is 0 Å². The Morgan fingerprint density at radius 1 is 1.27 bits per heavy atom. The van der Waals surface area contributed by atoms with Crippen LogP contribution in [0.4, 0.5) is 5.69 Å². The number of piperidine rings is 1. The third kappa shape index (κ3) is 6.59. The Morgan fingerprint density at radius 3 is 2.62 bits per heavy atom. The van der Waals surface area contributed by atoms with Crippen LogP contribution in [0.2, 0.25) is 5.02 Å². The van der Waals surface area contributed by atoms with Gasteiger partial charge in [-0.2, -0.15) is 0 Å². The van der Waals surface area contributed by atoms with Gasteiger partial charge in [0.15, 0.2) is 0 Å². The van der Waals surface area contributed by atoms with Crippen molar-refractivity contribution >= 4 is 39.1 Å². The largest absolute Gasteiger partial charge is 0.356 e. The fourth-order valence-corrected chi connectivity index (χ4v) is 3.86. The van der Waals surface area contributed by atoms with Gasteiger partial charge in [-0.15, -0.1) is 0 Å². The molecule has 1 unspecified atom stereocenters. The second-order valence-electron chi connectivity index (χ2n) is 6.41. The summed E-state index contributed by atoms with van der Waals surface area (Å²) in [6, 6.07) is 6.83. The molecule has 0 aliphatic carbocycles. The lowest BCUT2D eigenvalue weighted by atomic mass is 9.99. The second kappa shape index (κ2) is 9.34. The first kappa shape index (κ1) is 20.7. The summed E-state index contributed by atoms with van der Waals surface area (Å²) in [7, 11) is -3.27. The van der Waals surface area contributed by atoms with Crippen LogP contribution in [0.5, 0.6) is 0 Å². The molecule has 0 bridgehead atoms. The van der Waals surface area contributed by atoms with E-state index in [0.717, 1.165) is 6.26 Å². The van der Waals surface area contributed by atoms with Crippen molar-refractivity contribution in [1.29, 1.82) is 0 Å². The molecule has 1 aliphatic rings. The van der Waals surface area contributed by atoms with Crippen LogP contribution in [0.15, 0.2) is 24.3 Å². The lowest BCUT2D eigenvalue weighted by Crippen LogP contribution is -2.45. The number of hydrogen-bond acceptors (Lipinski definition) is 4. The molecule has 2 amide bonds. The molecule has 1 aromatic carbocycles. The van der Waals surface area contributed by atoms with E-state index in [2.05, 4.69) is 10.6 Å². The maximum atomic E-state index is 12.2. The second-order valence-corrected chi connectivity index (χ2v) is 8.83. The smallest absolute Gasteiger partial charge is 0.224 e.